The van der Waals surface area contributed by atoms with Crippen LogP contribution in [0.2, 0.25) is 0 Å². The minimum atomic E-state index is -0.832. The molecule has 1 aliphatic heterocycles. The van der Waals surface area contributed by atoms with Crippen molar-refractivity contribution in [3.05, 3.63) is 0 Å². The molecule has 1 rings (SSSR count). The molecule has 6 heteroatoms. The molecule has 0 aliphatic carbocycles. The molecule has 0 bridgehead atoms. The highest BCUT2D eigenvalue weighted by Crippen LogP contribution is 2.07. The Hall–Kier alpha value is -1.14. The van der Waals surface area contributed by atoms with Crippen LogP contribution in [0, 0.1) is 5.92 Å². The van der Waals surface area contributed by atoms with Crippen molar-refractivity contribution in [1.82, 2.24) is 10.2 Å². The highest BCUT2D eigenvalue weighted by Gasteiger charge is 2.18. The summed E-state index contributed by atoms with van der Waals surface area (Å²) in [5.74, 6) is -0.911. The SMILES string of the molecule is CC(CNC(=O)CN1CCC(N)CC1)CC(=O)O. The van der Waals surface area contributed by atoms with Crippen LogP contribution in [0.4, 0.5) is 0 Å². The number of piperidine rings is 1. The molecular weight excluding hydrogens is 234 g/mol. The van der Waals surface area contributed by atoms with Crippen LogP contribution in [0.5, 0.6) is 0 Å². The largest absolute Gasteiger partial charge is 0.481 e. The number of carbonyl (C=O) groups excluding carboxylic acids is 1. The number of amides is 1. The molecule has 104 valence electrons. The quantitative estimate of drug-likeness (QED) is 0.604. The molecule has 1 amide bonds. The zero-order valence-electron chi connectivity index (χ0n) is 10.9. The molecular formula is C12H23N3O3. The van der Waals surface area contributed by atoms with Crippen molar-refractivity contribution >= 4 is 11.9 Å². The van der Waals surface area contributed by atoms with Gasteiger partial charge in [-0.05, 0) is 18.8 Å². The third-order valence-electron chi connectivity index (χ3n) is 3.17. The van der Waals surface area contributed by atoms with Gasteiger partial charge in [0, 0.05) is 32.1 Å². The van der Waals surface area contributed by atoms with Crippen molar-refractivity contribution in [2.75, 3.05) is 26.2 Å². The Labute approximate surface area is 108 Å². The summed E-state index contributed by atoms with van der Waals surface area (Å²) in [6, 6.07) is 0.264. The summed E-state index contributed by atoms with van der Waals surface area (Å²) in [5, 5.41) is 11.4. The maximum Gasteiger partial charge on any atom is 0.303 e. The second kappa shape index (κ2) is 7.33. The second-order valence-electron chi connectivity index (χ2n) is 5.12. The maximum atomic E-state index is 11.7. The number of carbonyl (C=O) groups is 2. The monoisotopic (exact) mass is 257 g/mol. The van der Waals surface area contributed by atoms with Gasteiger partial charge in [-0.3, -0.25) is 14.5 Å². The molecule has 0 aromatic carbocycles. The van der Waals surface area contributed by atoms with Gasteiger partial charge in [-0.15, -0.1) is 0 Å². The van der Waals surface area contributed by atoms with E-state index in [1.54, 1.807) is 0 Å². The predicted octanol–water partition coefficient (Wildman–Crippen LogP) is -0.363. The second-order valence-corrected chi connectivity index (χ2v) is 5.12. The average molecular weight is 257 g/mol. The summed E-state index contributed by atoms with van der Waals surface area (Å²) in [7, 11) is 0. The van der Waals surface area contributed by atoms with Gasteiger partial charge >= 0.3 is 5.97 Å². The van der Waals surface area contributed by atoms with E-state index in [1.807, 2.05) is 6.92 Å². The number of nitrogens with one attached hydrogen (secondary N) is 1. The Morgan fingerprint density at radius 1 is 1.44 bits per heavy atom. The number of likely N-dealkylation sites (tertiary alicyclic amines) is 1. The summed E-state index contributed by atoms with van der Waals surface area (Å²) < 4.78 is 0. The van der Waals surface area contributed by atoms with Crippen LogP contribution < -0.4 is 11.1 Å². The standard InChI is InChI=1S/C12H23N3O3/c1-9(6-12(17)18)7-14-11(16)8-15-4-2-10(13)3-5-15/h9-10H,2-8,13H2,1H3,(H,14,16)(H,17,18). The summed E-state index contributed by atoms with van der Waals surface area (Å²) in [4.78, 5) is 24.2. The van der Waals surface area contributed by atoms with Crippen LogP contribution in [-0.4, -0.2) is 54.1 Å². The lowest BCUT2D eigenvalue weighted by atomic mass is 10.1. The van der Waals surface area contributed by atoms with Crippen molar-refractivity contribution in [1.29, 1.82) is 0 Å². The zero-order valence-corrected chi connectivity index (χ0v) is 10.9. The molecule has 1 unspecified atom stereocenters. The topological polar surface area (TPSA) is 95.7 Å². The van der Waals surface area contributed by atoms with Crippen LogP contribution >= 0.6 is 0 Å². The average Bonchev–Trinajstić information content (AvgIpc) is 2.29. The first-order valence-corrected chi connectivity index (χ1v) is 6.43. The van der Waals surface area contributed by atoms with Gasteiger partial charge in [0.2, 0.25) is 5.91 Å². The van der Waals surface area contributed by atoms with Gasteiger partial charge in [-0.25, -0.2) is 0 Å². The van der Waals surface area contributed by atoms with E-state index in [4.69, 9.17) is 10.8 Å². The van der Waals surface area contributed by atoms with E-state index < -0.39 is 5.97 Å². The number of carboxylic acids is 1. The van der Waals surface area contributed by atoms with Gasteiger partial charge in [0.25, 0.3) is 0 Å². The molecule has 0 spiro atoms. The number of carboxylic acid groups (broad SMARTS) is 1. The first-order valence-electron chi connectivity index (χ1n) is 6.43. The number of rotatable bonds is 6. The fourth-order valence-corrected chi connectivity index (χ4v) is 2.03. The molecule has 18 heavy (non-hydrogen) atoms. The number of aliphatic carboxylic acids is 1. The van der Waals surface area contributed by atoms with Crippen molar-refractivity contribution in [3.63, 3.8) is 0 Å². The highest BCUT2D eigenvalue weighted by molar-refractivity contribution is 5.78. The fourth-order valence-electron chi connectivity index (χ4n) is 2.03. The van der Waals surface area contributed by atoms with Crippen LogP contribution in [0.25, 0.3) is 0 Å². The number of hydrogen-bond acceptors (Lipinski definition) is 4. The Kier molecular flexibility index (Phi) is 6.07. The molecule has 1 aliphatic rings. The molecule has 1 atom stereocenters. The van der Waals surface area contributed by atoms with Gasteiger partial charge in [-0.2, -0.15) is 0 Å². The van der Waals surface area contributed by atoms with Gasteiger partial charge in [0.1, 0.15) is 0 Å². The third-order valence-corrected chi connectivity index (χ3v) is 3.17. The fraction of sp³-hybridized carbons (Fsp3) is 0.833. The van der Waals surface area contributed by atoms with E-state index in [-0.39, 0.29) is 24.3 Å². The number of nitrogens with zero attached hydrogens (tertiary/aromatic N) is 1. The van der Waals surface area contributed by atoms with E-state index in [0.29, 0.717) is 13.1 Å². The Morgan fingerprint density at radius 3 is 2.61 bits per heavy atom. The maximum absolute atomic E-state index is 11.7. The van der Waals surface area contributed by atoms with Crippen LogP contribution in [0.15, 0.2) is 0 Å². The number of hydrogen-bond donors (Lipinski definition) is 3. The lowest BCUT2D eigenvalue weighted by Gasteiger charge is -2.29. The van der Waals surface area contributed by atoms with Gasteiger partial charge in [0.05, 0.1) is 6.54 Å². The van der Waals surface area contributed by atoms with Gasteiger partial charge < -0.3 is 16.2 Å². The van der Waals surface area contributed by atoms with Crippen molar-refractivity contribution < 1.29 is 14.7 Å². The van der Waals surface area contributed by atoms with E-state index >= 15 is 0 Å². The number of nitrogens with two attached hydrogens (primary N) is 1. The van der Waals surface area contributed by atoms with Gasteiger partial charge in [-0.1, -0.05) is 6.92 Å². The predicted molar refractivity (Wildman–Crippen MR) is 68.1 cm³/mol. The zero-order chi connectivity index (χ0) is 13.5. The van der Waals surface area contributed by atoms with Crippen LogP contribution in [0.1, 0.15) is 26.2 Å². The summed E-state index contributed by atoms with van der Waals surface area (Å²) in [5.41, 5.74) is 5.79. The Bertz CT molecular complexity index is 288. The van der Waals surface area contributed by atoms with E-state index in [1.165, 1.54) is 0 Å². The molecule has 1 saturated heterocycles. The van der Waals surface area contributed by atoms with E-state index in [0.717, 1.165) is 25.9 Å². The van der Waals surface area contributed by atoms with Crippen LogP contribution in [-0.2, 0) is 9.59 Å². The smallest absolute Gasteiger partial charge is 0.303 e. The first kappa shape index (κ1) is 14.9. The van der Waals surface area contributed by atoms with Gasteiger partial charge in [0.15, 0.2) is 0 Å². The molecule has 0 aromatic rings. The first-order chi connectivity index (χ1) is 8.47. The summed E-state index contributed by atoms with van der Waals surface area (Å²) in [6.45, 7) is 4.33. The van der Waals surface area contributed by atoms with E-state index in [9.17, 15) is 9.59 Å². The molecule has 0 radical (unpaired) electrons. The lowest BCUT2D eigenvalue weighted by Crippen LogP contribution is -2.45. The summed E-state index contributed by atoms with van der Waals surface area (Å²) >= 11 is 0. The normalized spacial score (nSPS) is 19.4. The van der Waals surface area contributed by atoms with Crippen molar-refractivity contribution in [2.24, 2.45) is 11.7 Å². The van der Waals surface area contributed by atoms with Crippen molar-refractivity contribution in [2.45, 2.75) is 32.2 Å². The van der Waals surface area contributed by atoms with Crippen LogP contribution in [0.3, 0.4) is 0 Å². The minimum Gasteiger partial charge on any atom is -0.481 e. The highest BCUT2D eigenvalue weighted by atomic mass is 16.4. The van der Waals surface area contributed by atoms with E-state index in [2.05, 4.69) is 10.2 Å². The Morgan fingerprint density at radius 2 is 2.06 bits per heavy atom. The molecule has 0 aromatic heterocycles. The molecule has 6 nitrogen and oxygen atoms in total. The molecule has 0 saturated carbocycles. The molecule has 4 N–H and O–H groups in total. The minimum absolute atomic E-state index is 0.0392. The summed E-state index contributed by atoms with van der Waals surface area (Å²) in [6.07, 6.45) is 1.95. The Balaban J connectivity index is 2.15. The molecule has 1 heterocycles. The lowest BCUT2D eigenvalue weighted by molar-refractivity contribution is -0.138. The third kappa shape index (κ3) is 5.97. The molecule has 1 fully saturated rings. The van der Waals surface area contributed by atoms with Crippen molar-refractivity contribution in [3.8, 4) is 0 Å².